The van der Waals surface area contributed by atoms with E-state index in [1.807, 2.05) is 66.7 Å². The highest BCUT2D eigenvalue weighted by Gasteiger charge is 2.17. The molecule has 0 bridgehead atoms. The minimum atomic E-state index is 0.552. The van der Waals surface area contributed by atoms with Crippen molar-refractivity contribution in [2.45, 2.75) is 0 Å². The standard InChI is InChI=1S/C22H13BrN2O/c23-16-11-12-18-17(13-16)21-22(26-18)25-20(15-9-5-2-6-10-15)19(24-21)14-7-3-1-4-8-14/h1-13H. The van der Waals surface area contributed by atoms with Crippen LogP contribution in [-0.4, -0.2) is 9.97 Å². The molecule has 0 N–H and O–H groups in total. The van der Waals surface area contributed by atoms with E-state index in [4.69, 9.17) is 14.4 Å². The first-order valence-corrected chi connectivity index (χ1v) is 9.09. The van der Waals surface area contributed by atoms with Crippen LogP contribution in [-0.2, 0) is 0 Å². The van der Waals surface area contributed by atoms with Gasteiger partial charge in [0.2, 0.25) is 5.71 Å². The van der Waals surface area contributed by atoms with Crippen LogP contribution >= 0.6 is 15.9 Å². The van der Waals surface area contributed by atoms with Crippen molar-refractivity contribution in [3.05, 3.63) is 83.3 Å². The summed E-state index contributed by atoms with van der Waals surface area (Å²) in [5.41, 5.74) is 5.84. The topological polar surface area (TPSA) is 38.9 Å². The quantitative estimate of drug-likeness (QED) is 0.340. The lowest BCUT2D eigenvalue weighted by Crippen LogP contribution is -1.94. The number of aromatic nitrogens is 2. The molecule has 3 nitrogen and oxygen atoms in total. The summed E-state index contributed by atoms with van der Waals surface area (Å²) in [4.78, 5) is 9.82. The van der Waals surface area contributed by atoms with Crippen molar-refractivity contribution in [2.75, 3.05) is 0 Å². The number of fused-ring (bicyclic) bond motifs is 3. The predicted molar refractivity (Wildman–Crippen MR) is 108 cm³/mol. The van der Waals surface area contributed by atoms with Crippen LogP contribution in [0.2, 0.25) is 0 Å². The molecule has 5 rings (SSSR count). The molecule has 4 heteroatoms. The van der Waals surface area contributed by atoms with Crippen molar-refractivity contribution in [1.82, 2.24) is 9.97 Å². The van der Waals surface area contributed by atoms with E-state index in [1.54, 1.807) is 0 Å². The van der Waals surface area contributed by atoms with Gasteiger partial charge in [-0.3, -0.25) is 0 Å². The van der Waals surface area contributed by atoms with Gasteiger partial charge in [-0.2, -0.15) is 0 Å². The molecule has 0 fully saturated rings. The van der Waals surface area contributed by atoms with E-state index in [2.05, 4.69) is 28.1 Å². The molecule has 26 heavy (non-hydrogen) atoms. The van der Waals surface area contributed by atoms with Gasteiger partial charge in [0, 0.05) is 21.0 Å². The van der Waals surface area contributed by atoms with Gasteiger partial charge < -0.3 is 4.42 Å². The van der Waals surface area contributed by atoms with E-state index < -0.39 is 0 Å². The van der Waals surface area contributed by atoms with Gasteiger partial charge in [-0.05, 0) is 18.2 Å². The third-order valence-corrected chi connectivity index (χ3v) is 4.85. The number of nitrogens with zero attached hydrogens (tertiary/aromatic N) is 2. The smallest absolute Gasteiger partial charge is 0.246 e. The fraction of sp³-hybridized carbons (Fsp3) is 0. The lowest BCUT2D eigenvalue weighted by molar-refractivity contribution is 0.653. The van der Waals surface area contributed by atoms with Gasteiger partial charge in [-0.15, -0.1) is 0 Å². The Bertz CT molecular complexity index is 1230. The molecule has 2 heterocycles. The Hall–Kier alpha value is -2.98. The number of hydrogen-bond donors (Lipinski definition) is 0. The Morgan fingerprint density at radius 3 is 1.96 bits per heavy atom. The van der Waals surface area contributed by atoms with Crippen LogP contribution in [0, 0.1) is 0 Å². The molecule has 0 atom stereocenters. The van der Waals surface area contributed by atoms with Crippen molar-refractivity contribution >= 4 is 38.1 Å². The number of furan rings is 1. The van der Waals surface area contributed by atoms with Crippen molar-refractivity contribution in [2.24, 2.45) is 0 Å². The summed E-state index contributed by atoms with van der Waals surface area (Å²) in [6, 6.07) is 26.2. The summed E-state index contributed by atoms with van der Waals surface area (Å²) < 4.78 is 6.95. The van der Waals surface area contributed by atoms with Gasteiger partial charge >= 0.3 is 0 Å². The minimum absolute atomic E-state index is 0.552. The maximum atomic E-state index is 5.97. The number of hydrogen-bond acceptors (Lipinski definition) is 3. The zero-order valence-electron chi connectivity index (χ0n) is 13.7. The molecular weight excluding hydrogens is 388 g/mol. The van der Waals surface area contributed by atoms with Crippen LogP contribution in [0.25, 0.3) is 44.7 Å². The largest absolute Gasteiger partial charge is 0.436 e. The zero-order chi connectivity index (χ0) is 17.5. The normalized spacial score (nSPS) is 11.3. The molecule has 124 valence electrons. The molecule has 0 amide bonds. The monoisotopic (exact) mass is 400 g/mol. The molecule has 5 aromatic rings. The van der Waals surface area contributed by atoms with Gasteiger partial charge in [0.15, 0.2) is 0 Å². The highest BCUT2D eigenvalue weighted by molar-refractivity contribution is 9.10. The van der Waals surface area contributed by atoms with E-state index in [0.29, 0.717) is 5.71 Å². The van der Waals surface area contributed by atoms with Crippen LogP contribution in [0.3, 0.4) is 0 Å². The van der Waals surface area contributed by atoms with E-state index >= 15 is 0 Å². The van der Waals surface area contributed by atoms with Crippen molar-refractivity contribution < 1.29 is 4.42 Å². The first-order chi connectivity index (χ1) is 12.8. The zero-order valence-corrected chi connectivity index (χ0v) is 15.3. The number of benzene rings is 3. The first kappa shape index (κ1) is 15.3. The van der Waals surface area contributed by atoms with Crippen molar-refractivity contribution in [3.63, 3.8) is 0 Å². The molecule has 3 aromatic carbocycles. The van der Waals surface area contributed by atoms with Crippen molar-refractivity contribution in [1.29, 1.82) is 0 Å². The molecule has 0 radical (unpaired) electrons. The second kappa shape index (κ2) is 6.07. The van der Waals surface area contributed by atoms with Gasteiger partial charge in [0.05, 0.1) is 5.69 Å². The fourth-order valence-electron chi connectivity index (χ4n) is 3.14. The first-order valence-electron chi connectivity index (χ1n) is 8.30. The van der Waals surface area contributed by atoms with E-state index in [9.17, 15) is 0 Å². The number of rotatable bonds is 2. The lowest BCUT2D eigenvalue weighted by Gasteiger charge is -2.08. The van der Waals surface area contributed by atoms with Gasteiger partial charge in [0.25, 0.3) is 0 Å². The molecule has 0 aliphatic heterocycles. The van der Waals surface area contributed by atoms with E-state index in [1.165, 1.54) is 0 Å². The predicted octanol–water partition coefficient (Wildman–Crippen LogP) is 6.47. The SMILES string of the molecule is Brc1ccc2oc3nc(-c4ccccc4)c(-c4ccccc4)nc3c2c1. The van der Waals surface area contributed by atoms with Crippen LogP contribution in [0.4, 0.5) is 0 Å². The summed E-state index contributed by atoms with van der Waals surface area (Å²) in [5, 5.41) is 0.957. The highest BCUT2D eigenvalue weighted by atomic mass is 79.9. The molecule has 0 aliphatic carbocycles. The summed E-state index contributed by atoms with van der Waals surface area (Å²) >= 11 is 3.53. The Morgan fingerprint density at radius 1 is 0.692 bits per heavy atom. The third-order valence-electron chi connectivity index (χ3n) is 4.36. The van der Waals surface area contributed by atoms with Crippen LogP contribution in [0.15, 0.2) is 87.8 Å². The average molecular weight is 401 g/mol. The van der Waals surface area contributed by atoms with E-state index in [-0.39, 0.29) is 0 Å². The summed E-state index contributed by atoms with van der Waals surface area (Å²) in [6.07, 6.45) is 0. The van der Waals surface area contributed by atoms with Crippen LogP contribution in [0.1, 0.15) is 0 Å². The fourth-order valence-corrected chi connectivity index (χ4v) is 3.50. The summed E-state index contributed by atoms with van der Waals surface area (Å²) in [7, 11) is 0. The lowest BCUT2D eigenvalue weighted by atomic mass is 10.0. The van der Waals surface area contributed by atoms with E-state index in [0.717, 1.165) is 43.5 Å². The molecule has 0 saturated carbocycles. The van der Waals surface area contributed by atoms with Gasteiger partial charge in [-0.1, -0.05) is 76.6 Å². The molecule has 0 spiro atoms. The highest BCUT2D eigenvalue weighted by Crippen LogP contribution is 2.35. The van der Waals surface area contributed by atoms with Crippen molar-refractivity contribution in [3.8, 4) is 22.5 Å². The Balaban J connectivity index is 1.88. The molecule has 0 aliphatic rings. The average Bonchev–Trinajstić information content (AvgIpc) is 3.05. The summed E-state index contributed by atoms with van der Waals surface area (Å²) in [6.45, 7) is 0. The maximum absolute atomic E-state index is 5.97. The summed E-state index contributed by atoms with van der Waals surface area (Å²) in [5.74, 6) is 0. The molecular formula is C22H13BrN2O. The molecule has 0 saturated heterocycles. The second-order valence-electron chi connectivity index (χ2n) is 6.05. The van der Waals surface area contributed by atoms with Gasteiger partial charge in [-0.25, -0.2) is 9.97 Å². The molecule has 2 aromatic heterocycles. The number of halogens is 1. The van der Waals surface area contributed by atoms with Crippen LogP contribution < -0.4 is 0 Å². The Morgan fingerprint density at radius 2 is 1.31 bits per heavy atom. The maximum Gasteiger partial charge on any atom is 0.246 e. The molecule has 0 unspecified atom stereocenters. The second-order valence-corrected chi connectivity index (χ2v) is 6.96. The third kappa shape index (κ3) is 2.50. The Kier molecular flexibility index (Phi) is 3.57. The van der Waals surface area contributed by atoms with Crippen LogP contribution in [0.5, 0.6) is 0 Å². The Labute approximate surface area is 158 Å². The minimum Gasteiger partial charge on any atom is -0.436 e. The van der Waals surface area contributed by atoms with Gasteiger partial charge in [0.1, 0.15) is 16.8 Å².